The smallest absolute Gasteiger partial charge is 0.0144 e. The van der Waals surface area contributed by atoms with Crippen LogP contribution in [0.3, 0.4) is 0 Å². The van der Waals surface area contributed by atoms with Gasteiger partial charge in [0.15, 0.2) is 0 Å². The van der Waals surface area contributed by atoms with Crippen LogP contribution in [-0.4, -0.2) is 12.6 Å². The van der Waals surface area contributed by atoms with Crippen LogP contribution >= 0.6 is 0 Å². The third-order valence-corrected chi connectivity index (χ3v) is 2.41. The van der Waals surface area contributed by atoms with E-state index >= 15 is 0 Å². The molecule has 1 nitrogen and oxygen atoms in total. The lowest BCUT2D eigenvalue weighted by Gasteiger charge is -2.17. The van der Waals surface area contributed by atoms with Gasteiger partial charge in [0.2, 0.25) is 0 Å². The maximum absolute atomic E-state index is 3.98. The van der Waals surface area contributed by atoms with Gasteiger partial charge in [-0.25, -0.2) is 0 Å². The Kier molecular flexibility index (Phi) is 5.13. The van der Waals surface area contributed by atoms with Crippen LogP contribution in [0.2, 0.25) is 0 Å². The van der Waals surface area contributed by atoms with Crippen LogP contribution in [0.1, 0.15) is 25.8 Å². The van der Waals surface area contributed by atoms with E-state index in [0.29, 0.717) is 6.04 Å². The van der Waals surface area contributed by atoms with Gasteiger partial charge < -0.3 is 5.32 Å². The van der Waals surface area contributed by atoms with Gasteiger partial charge in [-0.1, -0.05) is 42.8 Å². The summed E-state index contributed by atoms with van der Waals surface area (Å²) < 4.78 is 0. The number of nitrogens with one attached hydrogen (secondary N) is 1. The van der Waals surface area contributed by atoms with Gasteiger partial charge in [-0.3, -0.25) is 0 Å². The van der Waals surface area contributed by atoms with Crippen LogP contribution in [0.5, 0.6) is 0 Å². The molecule has 0 radical (unpaired) electrons. The van der Waals surface area contributed by atoms with E-state index in [-0.39, 0.29) is 0 Å². The Morgan fingerprint density at radius 2 is 2.00 bits per heavy atom. The molecule has 1 aromatic carbocycles. The van der Waals surface area contributed by atoms with E-state index in [2.05, 4.69) is 56.1 Å². The molecule has 82 valence electrons. The van der Waals surface area contributed by atoms with Crippen LogP contribution in [0.15, 0.2) is 42.5 Å². The number of benzene rings is 1. The molecule has 0 fully saturated rings. The molecular weight excluding hydrogens is 182 g/mol. The maximum Gasteiger partial charge on any atom is 0.0144 e. The zero-order chi connectivity index (χ0) is 11.1. The van der Waals surface area contributed by atoms with Gasteiger partial charge in [0.05, 0.1) is 0 Å². The van der Waals surface area contributed by atoms with Crippen molar-refractivity contribution in [3.8, 4) is 0 Å². The van der Waals surface area contributed by atoms with Crippen LogP contribution in [-0.2, 0) is 6.42 Å². The quantitative estimate of drug-likeness (QED) is 0.700. The van der Waals surface area contributed by atoms with Crippen molar-refractivity contribution in [3.05, 3.63) is 48.0 Å². The topological polar surface area (TPSA) is 12.0 Å². The first kappa shape index (κ1) is 12.0. The van der Waals surface area contributed by atoms with Gasteiger partial charge in [0.25, 0.3) is 0 Å². The molecular formula is C14H21N. The van der Waals surface area contributed by atoms with Crippen molar-refractivity contribution in [2.45, 2.75) is 32.7 Å². The van der Waals surface area contributed by atoms with Gasteiger partial charge in [-0.2, -0.15) is 0 Å². The van der Waals surface area contributed by atoms with Crippen molar-refractivity contribution in [3.63, 3.8) is 0 Å². The van der Waals surface area contributed by atoms with Crippen molar-refractivity contribution in [2.75, 3.05) is 6.54 Å². The molecule has 0 amide bonds. The van der Waals surface area contributed by atoms with Crippen LogP contribution in [0, 0.1) is 0 Å². The lowest BCUT2D eigenvalue weighted by molar-refractivity contribution is 0.520. The highest BCUT2D eigenvalue weighted by molar-refractivity contribution is 5.16. The summed E-state index contributed by atoms with van der Waals surface area (Å²) in [7, 11) is 0. The number of hydrogen-bond donors (Lipinski definition) is 1. The normalized spacial score (nSPS) is 12.4. The molecule has 1 rings (SSSR count). The lowest BCUT2D eigenvalue weighted by Crippen LogP contribution is -2.31. The standard InChI is InChI=1S/C14H21N/c1-4-15-14(10-12(2)3)11-13-8-6-5-7-9-13/h5-9,14-15H,2,4,10-11H2,1,3H3. The first-order chi connectivity index (χ1) is 7.22. The predicted molar refractivity (Wildman–Crippen MR) is 67.0 cm³/mol. The van der Waals surface area contributed by atoms with Crippen LogP contribution in [0.25, 0.3) is 0 Å². The number of rotatable bonds is 6. The van der Waals surface area contributed by atoms with Gasteiger partial charge in [-0.15, -0.1) is 6.58 Å². The maximum atomic E-state index is 3.98. The number of likely N-dealkylation sites (N-methyl/N-ethyl adjacent to an activating group) is 1. The highest BCUT2D eigenvalue weighted by Gasteiger charge is 2.07. The third kappa shape index (κ3) is 4.80. The number of hydrogen-bond acceptors (Lipinski definition) is 1. The van der Waals surface area contributed by atoms with E-state index in [1.807, 2.05) is 0 Å². The van der Waals surface area contributed by atoms with Crippen molar-refractivity contribution in [1.82, 2.24) is 5.32 Å². The first-order valence-corrected chi connectivity index (χ1v) is 5.64. The van der Waals surface area contributed by atoms with E-state index in [0.717, 1.165) is 19.4 Å². The SMILES string of the molecule is C=C(C)CC(Cc1ccccc1)NCC. The Morgan fingerprint density at radius 3 is 2.53 bits per heavy atom. The Hall–Kier alpha value is -1.08. The van der Waals surface area contributed by atoms with E-state index in [1.54, 1.807) is 0 Å². The predicted octanol–water partition coefficient (Wildman–Crippen LogP) is 3.17. The molecule has 0 aliphatic carbocycles. The summed E-state index contributed by atoms with van der Waals surface area (Å²) in [6.45, 7) is 9.24. The van der Waals surface area contributed by atoms with Crippen molar-refractivity contribution in [1.29, 1.82) is 0 Å². The minimum atomic E-state index is 0.523. The zero-order valence-electron chi connectivity index (χ0n) is 9.79. The summed E-state index contributed by atoms with van der Waals surface area (Å²) in [6, 6.07) is 11.1. The first-order valence-electron chi connectivity index (χ1n) is 5.64. The Balaban J connectivity index is 2.54. The largest absolute Gasteiger partial charge is 0.314 e. The molecule has 1 atom stereocenters. The molecule has 0 aliphatic heterocycles. The summed E-state index contributed by atoms with van der Waals surface area (Å²) in [4.78, 5) is 0. The third-order valence-electron chi connectivity index (χ3n) is 2.41. The second-order valence-corrected chi connectivity index (χ2v) is 4.11. The summed E-state index contributed by atoms with van der Waals surface area (Å²) in [5, 5.41) is 3.50. The Labute approximate surface area is 93.2 Å². The summed E-state index contributed by atoms with van der Waals surface area (Å²) in [5.41, 5.74) is 2.64. The molecule has 0 saturated heterocycles. The van der Waals surface area contributed by atoms with Crippen LogP contribution in [0.4, 0.5) is 0 Å². The fourth-order valence-electron chi connectivity index (χ4n) is 1.82. The summed E-state index contributed by atoms with van der Waals surface area (Å²) in [6.07, 6.45) is 2.14. The second-order valence-electron chi connectivity index (χ2n) is 4.11. The molecule has 1 unspecified atom stereocenters. The molecule has 1 N–H and O–H groups in total. The second kappa shape index (κ2) is 6.41. The van der Waals surface area contributed by atoms with Gasteiger partial charge in [-0.05, 0) is 31.9 Å². The fourth-order valence-corrected chi connectivity index (χ4v) is 1.82. The molecule has 0 spiro atoms. The molecule has 0 bridgehead atoms. The average Bonchev–Trinajstić information content (AvgIpc) is 2.18. The molecule has 0 heterocycles. The molecule has 0 aromatic heterocycles. The monoisotopic (exact) mass is 203 g/mol. The van der Waals surface area contributed by atoms with Gasteiger partial charge >= 0.3 is 0 Å². The highest BCUT2D eigenvalue weighted by Crippen LogP contribution is 2.09. The summed E-state index contributed by atoms with van der Waals surface area (Å²) >= 11 is 0. The van der Waals surface area contributed by atoms with E-state index in [1.165, 1.54) is 11.1 Å². The minimum Gasteiger partial charge on any atom is -0.314 e. The van der Waals surface area contributed by atoms with Gasteiger partial charge in [0, 0.05) is 6.04 Å². The van der Waals surface area contributed by atoms with Crippen LogP contribution < -0.4 is 5.32 Å². The van der Waals surface area contributed by atoms with Crippen molar-refractivity contribution < 1.29 is 0 Å². The average molecular weight is 203 g/mol. The molecule has 1 heteroatoms. The Morgan fingerprint density at radius 1 is 1.33 bits per heavy atom. The lowest BCUT2D eigenvalue weighted by atomic mass is 10.0. The Bertz CT molecular complexity index is 289. The zero-order valence-corrected chi connectivity index (χ0v) is 9.79. The summed E-state index contributed by atoms with van der Waals surface area (Å²) in [5.74, 6) is 0. The minimum absolute atomic E-state index is 0.523. The highest BCUT2D eigenvalue weighted by atomic mass is 14.9. The molecule has 0 aliphatic rings. The van der Waals surface area contributed by atoms with E-state index < -0.39 is 0 Å². The van der Waals surface area contributed by atoms with Crippen molar-refractivity contribution >= 4 is 0 Å². The van der Waals surface area contributed by atoms with Gasteiger partial charge in [0.1, 0.15) is 0 Å². The van der Waals surface area contributed by atoms with E-state index in [4.69, 9.17) is 0 Å². The molecule has 1 aromatic rings. The molecule has 15 heavy (non-hydrogen) atoms. The fraction of sp³-hybridized carbons (Fsp3) is 0.429. The van der Waals surface area contributed by atoms with E-state index in [9.17, 15) is 0 Å². The molecule has 0 saturated carbocycles. The van der Waals surface area contributed by atoms with Crippen molar-refractivity contribution in [2.24, 2.45) is 0 Å².